The predicted octanol–water partition coefficient (Wildman–Crippen LogP) is 3.23. The number of carbonyl (C=O) groups is 1. The van der Waals surface area contributed by atoms with Gasteiger partial charge in [-0.1, -0.05) is 18.2 Å². The molecule has 5 nitrogen and oxygen atoms in total. The molecule has 0 saturated heterocycles. The number of ether oxygens (including phenoxy) is 3. The highest BCUT2D eigenvalue weighted by Gasteiger charge is 2.31. The maximum Gasteiger partial charge on any atom is 0.231 e. The summed E-state index contributed by atoms with van der Waals surface area (Å²) >= 11 is 1.54. The van der Waals surface area contributed by atoms with E-state index in [2.05, 4.69) is 29.2 Å². The van der Waals surface area contributed by atoms with Crippen LogP contribution in [-0.4, -0.2) is 36.4 Å². The van der Waals surface area contributed by atoms with Gasteiger partial charge in [-0.3, -0.25) is 4.79 Å². The van der Waals surface area contributed by atoms with Crippen molar-refractivity contribution in [3.05, 3.63) is 58.9 Å². The second kappa shape index (κ2) is 6.88. The topological polar surface area (TPSA) is 48.0 Å². The number of benzene rings is 1. The van der Waals surface area contributed by atoms with Crippen molar-refractivity contribution in [2.75, 3.05) is 20.4 Å². The number of nitrogens with zero attached hydrogens (tertiary/aromatic N) is 1. The Morgan fingerprint density at radius 2 is 2.20 bits per heavy atom. The SMILES string of the molecule is COC1=CSC(CC2=CC=CCN2Cc2ccc3c(c2)OCO3)C1=O. The maximum atomic E-state index is 12.3. The van der Waals surface area contributed by atoms with Gasteiger partial charge in [-0.15, -0.1) is 11.8 Å². The van der Waals surface area contributed by atoms with E-state index in [0.717, 1.165) is 35.8 Å². The molecule has 25 heavy (non-hydrogen) atoms. The molecule has 3 aliphatic heterocycles. The molecule has 1 aromatic carbocycles. The van der Waals surface area contributed by atoms with Crippen LogP contribution in [0.5, 0.6) is 11.5 Å². The van der Waals surface area contributed by atoms with Crippen LogP contribution in [0.1, 0.15) is 12.0 Å². The van der Waals surface area contributed by atoms with Gasteiger partial charge in [0.1, 0.15) is 0 Å². The molecule has 3 heterocycles. The van der Waals surface area contributed by atoms with Crippen LogP contribution >= 0.6 is 11.8 Å². The van der Waals surface area contributed by atoms with Gasteiger partial charge in [-0.2, -0.15) is 0 Å². The average molecular weight is 357 g/mol. The normalized spacial score (nSPS) is 21.4. The summed E-state index contributed by atoms with van der Waals surface area (Å²) in [6.07, 6.45) is 6.97. The van der Waals surface area contributed by atoms with Gasteiger partial charge in [0.15, 0.2) is 17.3 Å². The van der Waals surface area contributed by atoms with Crippen LogP contribution in [0.15, 0.2) is 53.3 Å². The molecule has 0 aliphatic carbocycles. The smallest absolute Gasteiger partial charge is 0.231 e. The van der Waals surface area contributed by atoms with Gasteiger partial charge in [0.25, 0.3) is 0 Å². The van der Waals surface area contributed by atoms with E-state index in [1.165, 1.54) is 11.8 Å². The highest BCUT2D eigenvalue weighted by molar-refractivity contribution is 8.04. The van der Waals surface area contributed by atoms with E-state index in [9.17, 15) is 4.79 Å². The first kappa shape index (κ1) is 16.1. The molecule has 130 valence electrons. The monoisotopic (exact) mass is 357 g/mol. The summed E-state index contributed by atoms with van der Waals surface area (Å²) in [5.74, 6) is 2.13. The molecule has 1 unspecified atom stereocenters. The fourth-order valence-electron chi connectivity index (χ4n) is 3.11. The molecular weight excluding hydrogens is 338 g/mol. The molecule has 6 heteroatoms. The van der Waals surface area contributed by atoms with Gasteiger partial charge < -0.3 is 19.1 Å². The lowest BCUT2D eigenvalue weighted by atomic mass is 10.1. The largest absolute Gasteiger partial charge is 0.492 e. The Balaban J connectivity index is 1.45. The van der Waals surface area contributed by atoms with Crippen molar-refractivity contribution in [1.29, 1.82) is 0 Å². The number of carbonyl (C=O) groups excluding carboxylic acids is 1. The van der Waals surface area contributed by atoms with Crippen molar-refractivity contribution < 1.29 is 19.0 Å². The third-order valence-electron chi connectivity index (χ3n) is 4.46. The van der Waals surface area contributed by atoms with Crippen molar-refractivity contribution >= 4 is 17.5 Å². The number of rotatable bonds is 5. The van der Waals surface area contributed by atoms with Crippen molar-refractivity contribution in [1.82, 2.24) is 4.90 Å². The number of methoxy groups -OCH3 is 1. The molecule has 0 spiro atoms. The lowest BCUT2D eigenvalue weighted by Gasteiger charge is -2.29. The van der Waals surface area contributed by atoms with E-state index in [1.54, 1.807) is 7.11 Å². The van der Waals surface area contributed by atoms with E-state index in [0.29, 0.717) is 12.2 Å². The molecule has 0 radical (unpaired) electrons. The number of fused-ring (bicyclic) bond motifs is 1. The quantitative estimate of drug-likeness (QED) is 0.806. The summed E-state index contributed by atoms with van der Waals surface area (Å²) < 4.78 is 16.0. The molecule has 0 N–H and O–H groups in total. The van der Waals surface area contributed by atoms with Crippen LogP contribution < -0.4 is 9.47 Å². The minimum absolute atomic E-state index is 0.0750. The summed E-state index contributed by atoms with van der Waals surface area (Å²) in [6.45, 7) is 1.88. The highest BCUT2D eigenvalue weighted by atomic mass is 32.2. The second-order valence-corrected chi connectivity index (χ2v) is 7.11. The standard InChI is InChI=1S/C19H19NO4S/c1-22-17-11-25-18(19(17)21)9-14-4-2-3-7-20(14)10-13-5-6-15-16(8-13)24-12-23-15/h2-6,8,11,18H,7,9-10,12H2,1H3. The highest BCUT2D eigenvalue weighted by Crippen LogP contribution is 2.35. The van der Waals surface area contributed by atoms with E-state index in [-0.39, 0.29) is 17.8 Å². The second-order valence-electron chi connectivity index (χ2n) is 6.03. The zero-order valence-electron chi connectivity index (χ0n) is 13.9. The first-order chi connectivity index (χ1) is 12.2. The van der Waals surface area contributed by atoms with Crippen LogP contribution in [0, 0.1) is 0 Å². The van der Waals surface area contributed by atoms with E-state index >= 15 is 0 Å². The zero-order chi connectivity index (χ0) is 17.2. The summed E-state index contributed by atoms with van der Waals surface area (Å²) in [5, 5.41) is 1.71. The van der Waals surface area contributed by atoms with Gasteiger partial charge in [-0.05, 0) is 23.8 Å². The molecule has 0 fully saturated rings. The lowest BCUT2D eigenvalue weighted by molar-refractivity contribution is -0.117. The van der Waals surface area contributed by atoms with Gasteiger partial charge in [0, 0.05) is 30.6 Å². The van der Waals surface area contributed by atoms with Crippen LogP contribution in [-0.2, 0) is 16.1 Å². The summed E-state index contributed by atoms with van der Waals surface area (Å²) in [5.41, 5.74) is 2.32. The Kier molecular flexibility index (Phi) is 4.44. The van der Waals surface area contributed by atoms with Crippen LogP contribution in [0.2, 0.25) is 0 Å². The number of allylic oxidation sites excluding steroid dienone is 4. The number of hydrogen-bond donors (Lipinski definition) is 0. The van der Waals surface area contributed by atoms with Crippen LogP contribution in [0.25, 0.3) is 0 Å². The predicted molar refractivity (Wildman–Crippen MR) is 96.3 cm³/mol. The fourth-order valence-corrected chi connectivity index (χ4v) is 4.12. The first-order valence-electron chi connectivity index (χ1n) is 8.17. The van der Waals surface area contributed by atoms with E-state index in [1.807, 2.05) is 17.5 Å². The maximum absolute atomic E-state index is 12.3. The zero-order valence-corrected chi connectivity index (χ0v) is 14.8. The molecule has 4 rings (SSSR count). The number of thioether (sulfide) groups is 1. The van der Waals surface area contributed by atoms with Gasteiger partial charge in [0.2, 0.25) is 12.6 Å². The van der Waals surface area contributed by atoms with Gasteiger partial charge in [-0.25, -0.2) is 0 Å². The molecule has 0 saturated carbocycles. The number of Topliss-reactive ketones (excluding diaryl/α,β-unsaturated/α-hetero) is 1. The summed E-state index contributed by atoms with van der Waals surface area (Å²) in [7, 11) is 1.54. The number of ketones is 1. The molecule has 1 atom stereocenters. The average Bonchev–Trinajstić information content (AvgIpc) is 3.23. The van der Waals surface area contributed by atoms with E-state index in [4.69, 9.17) is 14.2 Å². The fraction of sp³-hybridized carbons (Fsp3) is 0.316. The third-order valence-corrected chi connectivity index (χ3v) is 5.52. The van der Waals surface area contributed by atoms with Crippen molar-refractivity contribution in [3.8, 4) is 11.5 Å². The molecule has 0 bridgehead atoms. The molecular formula is C19H19NO4S. The third kappa shape index (κ3) is 3.26. The Bertz CT molecular complexity index is 784. The van der Waals surface area contributed by atoms with Gasteiger partial charge in [0.05, 0.1) is 12.4 Å². The summed E-state index contributed by atoms with van der Waals surface area (Å²) in [6, 6.07) is 6.04. The molecule has 3 aliphatic rings. The van der Waals surface area contributed by atoms with Crippen LogP contribution in [0.4, 0.5) is 0 Å². The van der Waals surface area contributed by atoms with Crippen molar-refractivity contribution in [2.24, 2.45) is 0 Å². The van der Waals surface area contributed by atoms with Crippen molar-refractivity contribution in [2.45, 2.75) is 18.2 Å². The Morgan fingerprint density at radius 1 is 1.32 bits per heavy atom. The lowest BCUT2D eigenvalue weighted by Crippen LogP contribution is -2.28. The Morgan fingerprint density at radius 3 is 3.04 bits per heavy atom. The molecule has 0 amide bonds. The molecule has 1 aromatic rings. The Hall–Kier alpha value is -2.34. The molecule has 0 aromatic heterocycles. The minimum atomic E-state index is -0.105. The van der Waals surface area contributed by atoms with Crippen LogP contribution in [0.3, 0.4) is 0 Å². The first-order valence-corrected chi connectivity index (χ1v) is 9.12. The summed E-state index contributed by atoms with van der Waals surface area (Å²) in [4.78, 5) is 14.6. The Labute approximate surface area is 150 Å². The van der Waals surface area contributed by atoms with Gasteiger partial charge >= 0.3 is 0 Å². The van der Waals surface area contributed by atoms with Crippen molar-refractivity contribution in [3.63, 3.8) is 0 Å². The minimum Gasteiger partial charge on any atom is -0.492 e. The number of hydrogen-bond acceptors (Lipinski definition) is 6. The van der Waals surface area contributed by atoms with E-state index < -0.39 is 0 Å².